The first kappa shape index (κ1) is 17.9. The highest BCUT2D eigenvalue weighted by Crippen LogP contribution is 2.27. The highest BCUT2D eigenvalue weighted by Gasteiger charge is 2.41. The van der Waals surface area contributed by atoms with Crippen molar-refractivity contribution in [3.05, 3.63) is 47.5 Å². The largest absolute Gasteiger partial charge is 0.511 e. The third-order valence-electron chi connectivity index (χ3n) is 3.89. The van der Waals surface area contributed by atoms with Crippen LogP contribution in [0.1, 0.15) is 39.2 Å². The van der Waals surface area contributed by atoms with Crippen LogP contribution in [-0.4, -0.2) is 27.9 Å². The van der Waals surface area contributed by atoms with Crippen LogP contribution in [0.5, 0.6) is 0 Å². The first-order valence-electron chi connectivity index (χ1n) is 8.15. The van der Waals surface area contributed by atoms with Gasteiger partial charge in [0.25, 0.3) is 0 Å². The van der Waals surface area contributed by atoms with E-state index in [1.807, 2.05) is 38.1 Å². The Balaban J connectivity index is 2.06. The van der Waals surface area contributed by atoms with Gasteiger partial charge in [0.05, 0.1) is 0 Å². The number of ether oxygens (including phenoxy) is 1. The van der Waals surface area contributed by atoms with Crippen LogP contribution in [0.4, 0.5) is 0 Å². The van der Waals surface area contributed by atoms with E-state index in [0.29, 0.717) is 12.8 Å². The summed E-state index contributed by atoms with van der Waals surface area (Å²) < 4.78 is 5.11. The summed E-state index contributed by atoms with van der Waals surface area (Å²) in [5, 5.41) is 10.3. The highest BCUT2D eigenvalue weighted by molar-refractivity contribution is 6.23. The third-order valence-corrected chi connectivity index (χ3v) is 3.89. The number of esters is 1. The van der Waals surface area contributed by atoms with Crippen molar-refractivity contribution in [3.63, 3.8) is 0 Å². The van der Waals surface area contributed by atoms with Crippen LogP contribution in [0.15, 0.2) is 41.9 Å². The molecule has 2 heterocycles. The minimum atomic E-state index is -0.771. The van der Waals surface area contributed by atoms with Gasteiger partial charge in [-0.05, 0) is 30.4 Å². The number of Topliss-reactive ketones (excluding diaryl/α,β-unsaturated/α-hetero) is 1. The summed E-state index contributed by atoms with van der Waals surface area (Å²) in [6, 6.07) is 3.76. The molecule has 24 heavy (non-hydrogen) atoms. The standard InChI is InChI=1S/C19H23NO4/c1-12(2)10-15-18(22)16(19(23)24-15)17(21)13(3)6-4-7-14-8-5-9-20-11-14/h4-5,7-9,11-13,15,21H,6,10H2,1-3H3/b7-4-,17-16-. The molecule has 128 valence electrons. The van der Waals surface area contributed by atoms with Crippen LogP contribution < -0.4 is 0 Å². The van der Waals surface area contributed by atoms with Gasteiger partial charge >= 0.3 is 5.97 Å². The van der Waals surface area contributed by atoms with Crippen molar-refractivity contribution in [1.29, 1.82) is 0 Å². The molecule has 0 aliphatic carbocycles. The van der Waals surface area contributed by atoms with Crippen molar-refractivity contribution in [2.45, 2.75) is 39.7 Å². The monoisotopic (exact) mass is 329 g/mol. The second-order valence-electron chi connectivity index (χ2n) is 6.47. The highest BCUT2D eigenvalue weighted by atomic mass is 16.6. The van der Waals surface area contributed by atoms with Gasteiger partial charge in [-0.1, -0.05) is 39.0 Å². The van der Waals surface area contributed by atoms with Gasteiger partial charge in [-0.15, -0.1) is 0 Å². The Morgan fingerprint density at radius 2 is 2.12 bits per heavy atom. The maximum absolute atomic E-state index is 12.3. The Bertz CT molecular complexity index is 661. The van der Waals surface area contributed by atoms with Crippen molar-refractivity contribution in [2.75, 3.05) is 0 Å². The van der Waals surface area contributed by atoms with Crippen LogP contribution in [0.3, 0.4) is 0 Å². The molecular weight excluding hydrogens is 306 g/mol. The number of rotatable bonds is 6. The molecule has 0 amide bonds. The second kappa shape index (κ2) is 7.90. The van der Waals surface area contributed by atoms with E-state index >= 15 is 0 Å². The molecule has 1 N–H and O–H groups in total. The summed E-state index contributed by atoms with van der Waals surface area (Å²) in [4.78, 5) is 28.2. The average molecular weight is 329 g/mol. The molecule has 1 aromatic rings. The minimum Gasteiger partial charge on any atom is -0.511 e. The molecule has 5 nitrogen and oxygen atoms in total. The molecule has 1 aromatic heterocycles. The molecule has 0 spiro atoms. The lowest BCUT2D eigenvalue weighted by Crippen LogP contribution is -2.19. The lowest BCUT2D eigenvalue weighted by Gasteiger charge is -2.10. The van der Waals surface area contributed by atoms with E-state index in [-0.39, 0.29) is 23.2 Å². The molecule has 2 rings (SSSR count). The maximum Gasteiger partial charge on any atom is 0.346 e. The Morgan fingerprint density at radius 1 is 1.38 bits per heavy atom. The zero-order chi connectivity index (χ0) is 17.7. The van der Waals surface area contributed by atoms with E-state index in [0.717, 1.165) is 5.56 Å². The predicted molar refractivity (Wildman–Crippen MR) is 91.0 cm³/mol. The number of aliphatic hydroxyl groups is 1. The van der Waals surface area contributed by atoms with Crippen LogP contribution in [0.2, 0.25) is 0 Å². The molecule has 1 saturated heterocycles. The molecule has 0 saturated carbocycles. The number of pyridine rings is 1. The zero-order valence-electron chi connectivity index (χ0n) is 14.2. The minimum absolute atomic E-state index is 0.188. The summed E-state index contributed by atoms with van der Waals surface area (Å²) >= 11 is 0. The number of aromatic nitrogens is 1. The summed E-state index contributed by atoms with van der Waals surface area (Å²) in [7, 11) is 0. The lowest BCUT2D eigenvalue weighted by molar-refractivity contribution is -0.141. The Hall–Kier alpha value is -2.43. The molecular formula is C19H23NO4. The van der Waals surface area contributed by atoms with E-state index in [1.165, 1.54) is 0 Å². The van der Waals surface area contributed by atoms with E-state index < -0.39 is 17.9 Å². The number of cyclic esters (lactones) is 1. The Labute approximate surface area is 142 Å². The fraction of sp³-hybridized carbons (Fsp3) is 0.421. The SMILES string of the molecule is CC(C)CC1OC(=O)/C(=C(\O)C(C)C/C=C\c2cccnc2)C1=O. The van der Waals surface area contributed by atoms with Crippen LogP contribution in [-0.2, 0) is 14.3 Å². The smallest absolute Gasteiger partial charge is 0.346 e. The zero-order valence-corrected chi connectivity index (χ0v) is 14.2. The molecule has 2 unspecified atom stereocenters. The average Bonchev–Trinajstić information content (AvgIpc) is 2.81. The van der Waals surface area contributed by atoms with Crippen molar-refractivity contribution >= 4 is 17.8 Å². The van der Waals surface area contributed by atoms with Gasteiger partial charge < -0.3 is 9.84 Å². The van der Waals surface area contributed by atoms with E-state index in [1.54, 1.807) is 19.3 Å². The van der Waals surface area contributed by atoms with E-state index in [2.05, 4.69) is 4.98 Å². The number of carbonyl (C=O) groups is 2. The van der Waals surface area contributed by atoms with Gasteiger partial charge in [0, 0.05) is 18.3 Å². The quantitative estimate of drug-likeness (QED) is 0.374. The molecule has 0 radical (unpaired) electrons. The third kappa shape index (κ3) is 4.31. The topological polar surface area (TPSA) is 76.5 Å². The first-order chi connectivity index (χ1) is 11.4. The van der Waals surface area contributed by atoms with Gasteiger partial charge in [0.2, 0.25) is 5.78 Å². The van der Waals surface area contributed by atoms with Crippen molar-refractivity contribution in [2.24, 2.45) is 11.8 Å². The molecule has 1 aliphatic rings. The molecule has 5 heteroatoms. The number of aliphatic hydroxyl groups excluding tert-OH is 1. The van der Waals surface area contributed by atoms with Gasteiger partial charge in [0.15, 0.2) is 6.10 Å². The van der Waals surface area contributed by atoms with Crippen molar-refractivity contribution < 1.29 is 19.4 Å². The lowest BCUT2D eigenvalue weighted by atomic mass is 9.95. The number of nitrogens with zero attached hydrogens (tertiary/aromatic N) is 1. The predicted octanol–water partition coefficient (Wildman–Crippen LogP) is 3.47. The Morgan fingerprint density at radius 3 is 2.75 bits per heavy atom. The van der Waals surface area contributed by atoms with Crippen LogP contribution in [0, 0.1) is 11.8 Å². The first-order valence-corrected chi connectivity index (χ1v) is 8.15. The molecule has 1 aliphatic heterocycles. The summed E-state index contributed by atoms with van der Waals surface area (Å²) in [6.45, 7) is 5.68. The second-order valence-corrected chi connectivity index (χ2v) is 6.47. The van der Waals surface area contributed by atoms with Gasteiger partial charge in [-0.2, -0.15) is 0 Å². The number of hydrogen-bond donors (Lipinski definition) is 1. The van der Waals surface area contributed by atoms with Gasteiger partial charge in [-0.25, -0.2) is 4.79 Å². The fourth-order valence-corrected chi connectivity index (χ4v) is 2.56. The number of hydrogen-bond acceptors (Lipinski definition) is 5. The maximum atomic E-state index is 12.3. The van der Waals surface area contributed by atoms with Crippen molar-refractivity contribution in [3.8, 4) is 0 Å². The number of ketones is 1. The number of allylic oxidation sites excluding steroid dienone is 2. The van der Waals surface area contributed by atoms with Gasteiger partial charge in [-0.3, -0.25) is 9.78 Å². The van der Waals surface area contributed by atoms with Crippen LogP contribution >= 0.6 is 0 Å². The summed E-state index contributed by atoms with van der Waals surface area (Å²) in [5.74, 6) is -1.43. The van der Waals surface area contributed by atoms with E-state index in [9.17, 15) is 14.7 Å². The molecule has 0 bridgehead atoms. The normalized spacial score (nSPS) is 21.4. The van der Waals surface area contributed by atoms with Gasteiger partial charge in [0.1, 0.15) is 11.3 Å². The van der Waals surface area contributed by atoms with Crippen LogP contribution in [0.25, 0.3) is 6.08 Å². The number of carbonyl (C=O) groups excluding carboxylic acids is 2. The summed E-state index contributed by atoms with van der Waals surface area (Å²) in [5.41, 5.74) is 0.758. The van der Waals surface area contributed by atoms with E-state index in [4.69, 9.17) is 4.74 Å². The molecule has 0 aromatic carbocycles. The molecule has 2 atom stereocenters. The molecule has 1 fully saturated rings. The Kier molecular flexibility index (Phi) is 5.90. The summed E-state index contributed by atoms with van der Waals surface area (Å²) in [6.07, 6.45) is 7.39. The fourth-order valence-electron chi connectivity index (χ4n) is 2.56. The van der Waals surface area contributed by atoms with Crippen molar-refractivity contribution in [1.82, 2.24) is 4.98 Å².